The van der Waals surface area contributed by atoms with E-state index in [2.05, 4.69) is 10.3 Å². The Morgan fingerprint density at radius 1 is 1.40 bits per heavy atom. The average molecular weight is 269 g/mol. The maximum absolute atomic E-state index is 10.9. The van der Waals surface area contributed by atoms with Crippen LogP contribution in [0.4, 0.5) is 17.3 Å². The summed E-state index contributed by atoms with van der Waals surface area (Å²) >= 11 is 0. The molecule has 0 amide bonds. The fraction of sp³-hybridized carbons (Fsp3) is 0.0769. The highest BCUT2D eigenvalue weighted by Crippen LogP contribution is 2.23. The molecule has 0 radical (unpaired) electrons. The van der Waals surface area contributed by atoms with Crippen molar-refractivity contribution in [3.63, 3.8) is 0 Å². The first-order valence-electron chi connectivity index (χ1n) is 5.74. The number of pyridine rings is 1. The van der Waals surface area contributed by atoms with Gasteiger partial charge in [-0.15, -0.1) is 0 Å². The molecule has 0 atom stereocenters. The van der Waals surface area contributed by atoms with E-state index in [1.807, 2.05) is 12.1 Å². The molecular formula is C13H11N5O2. The lowest BCUT2D eigenvalue weighted by atomic mass is 10.1. The van der Waals surface area contributed by atoms with E-state index in [9.17, 15) is 10.1 Å². The zero-order valence-corrected chi connectivity index (χ0v) is 10.4. The molecule has 0 saturated heterocycles. The van der Waals surface area contributed by atoms with Gasteiger partial charge in [-0.3, -0.25) is 10.1 Å². The number of rotatable bonds is 4. The highest BCUT2D eigenvalue weighted by atomic mass is 16.6. The van der Waals surface area contributed by atoms with E-state index in [1.165, 1.54) is 12.1 Å². The van der Waals surface area contributed by atoms with Gasteiger partial charge in [-0.1, -0.05) is 12.1 Å². The lowest BCUT2D eigenvalue weighted by Crippen LogP contribution is -2.06. The summed E-state index contributed by atoms with van der Waals surface area (Å²) in [4.78, 5) is 14.3. The van der Waals surface area contributed by atoms with Crippen molar-refractivity contribution in [1.82, 2.24) is 4.98 Å². The minimum atomic E-state index is -0.527. The second-order valence-corrected chi connectivity index (χ2v) is 4.03. The monoisotopic (exact) mass is 269 g/mol. The van der Waals surface area contributed by atoms with E-state index >= 15 is 0 Å². The maximum Gasteiger partial charge on any atom is 0.311 e. The van der Waals surface area contributed by atoms with Crippen molar-refractivity contribution in [2.24, 2.45) is 0 Å². The van der Waals surface area contributed by atoms with Crippen molar-refractivity contribution in [3.05, 3.63) is 57.6 Å². The summed E-state index contributed by atoms with van der Waals surface area (Å²) in [6.45, 7) is 0.312. The van der Waals surface area contributed by atoms with Gasteiger partial charge < -0.3 is 11.1 Å². The smallest absolute Gasteiger partial charge is 0.311 e. The Morgan fingerprint density at radius 2 is 2.20 bits per heavy atom. The van der Waals surface area contributed by atoms with E-state index in [0.717, 1.165) is 5.56 Å². The molecule has 2 rings (SSSR count). The van der Waals surface area contributed by atoms with E-state index in [0.29, 0.717) is 12.1 Å². The van der Waals surface area contributed by atoms with Crippen LogP contribution in [0.25, 0.3) is 0 Å². The molecule has 0 aliphatic rings. The normalized spacial score (nSPS) is 9.75. The molecule has 7 nitrogen and oxygen atoms in total. The van der Waals surface area contributed by atoms with Gasteiger partial charge in [-0.2, -0.15) is 5.26 Å². The van der Waals surface area contributed by atoms with Crippen LogP contribution in [0.5, 0.6) is 0 Å². The summed E-state index contributed by atoms with van der Waals surface area (Å²) in [6, 6.07) is 11.7. The van der Waals surface area contributed by atoms with E-state index in [-0.39, 0.29) is 17.3 Å². The first kappa shape index (κ1) is 13.3. The molecule has 2 aromatic rings. The summed E-state index contributed by atoms with van der Waals surface area (Å²) in [7, 11) is 0. The SMILES string of the molecule is N#Cc1cccc(CNc2nc(N)ccc2[N+](=O)[O-])c1. The summed E-state index contributed by atoms with van der Waals surface area (Å²) < 4.78 is 0. The van der Waals surface area contributed by atoms with Crippen LogP contribution in [0, 0.1) is 21.4 Å². The van der Waals surface area contributed by atoms with Crippen molar-refractivity contribution >= 4 is 17.3 Å². The number of nitrogens with zero attached hydrogens (tertiary/aromatic N) is 3. The van der Waals surface area contributed by atoms with E-state index < -0.39 is 4.92 Å². The quantitative estimate of drug-likeness (QED) is 0.647. The number of hydrogen-bond acceptors (Lipinski definition) is 6. The number of nitriles is 1. The Balaban J connectivity index is 2.20. The van der Waals surface area contributed by atoms with Gasteiger partial charge in [0.1, 0.15) is 5.82 Å². The van der Waals surface area contributed by atoms with Crippen LogP contribution in [-0.4, -0.2) is 9.91 Å². The zero-order chi connectivity index (χ0) is 14.5. The van der Waals surface area contributed by atoms with Crippen molar-refractivity contribution in [3.8, 4) is 6.07 Å². The fourth-order valence-corrected chi connectivity index (χ4v) is 1.68. The van der Waals surface area contributed by atoms with Gasteiger partial charge in [0.25, 0.3) is 0 Å². The molecule has 3 N–H and O–H groups in total. The summed E-state index contributed by atoms with van der Waals surface area (Å²) in [5, 5.41) is 22.6. The summed E-state index contributed by atoms with van der Waals surface area (Å²) in [5.41, 5.74) is 6.73. The minimum absolute atomic E-state index is 0.109. The molecular weight excluding hydrogens is 258 g/mol. The number of nitrogens with two attached hydrogens (primary N) is 1. The summed E-state index contributed by atoms with van der Waals surface area (Å²) in [6.07, 6.45) is 0. The number of benzene rings is 1. The Bertz CT molecular complexity index is 693. The molecule has 1 heterocycles. The molecule has 20 heavy (non-hydrogen) atoms. The lowest BCUT2D eigenvalue weighted by Gasteiger charge is -2.07. The van der Waals surface area contributed by atoms with Gasteiger partial charge >= 0.3 is 5.69 Å². The number of aromatic nitrogens is 1. The number of nitrogen functional groups attached to an aromatic ring is 1. The van der Waals surface area contributed by atoms with Crippen molar-refractivity contribution < 1.29 is 4.92 Å². The van der Waals surface area contributed by atoms with Crippen molar-refractivity contribution in [2.75, 3.05) is 11.1 Å². The highest BCUT2D eigenvalue weighted by Gasteiger charge is 2.15. The molecule has 0 unspecified atom stereocenters. The van der Waals surface area contributed by atoms with Gasteiger partial charge in [0.05, 0.1) is 16.6 Å². The fourth-order valence-electron chi connectivity index (χ4n) is 1.68. The van der Waals surface area contributed by atoms with Crippen molar-refractivity contribution in [1.29, 1.82) is 5.26 Å². The van der Waals surface area contributed by atoms with Gasteiger partial charge in [0.15, 0.2) is 0 Å². The Labute approximate surface area is 114 Å². The second kappa shape index (κ2) is 5.67. The molecule has 7 heteroatoms. The maximum atomic E-state index is 10.9. The predicted molar refractivity (Wildman–Crippen MR) is 73.8 cm³/mol. The van der Waals surface area contributed by atoms with Gasteiger partial charge in [0, 0.05) is 12.6 Å². The zero-order valence-electron chi connectivity index (χ0n) is 10.4. The van der Waals surface area contributed by atoms with E-state index in [1.54, 1.807) is 18.2 Å². The van der Waals surface area contributed by atoms with Gasteiger partial charge in [-0.25, -0.2) is 4.98 Å². The first-order chi connectivity index (χ1) is 9.60. The number of hydrogen-bond donors (Lipinski definition) is 2. The lowest BCUT2D eigenvalue weighted by molar-refractivity contribution is -0.384. The number of nitro groups is 1. The topological polar surface area (TPSA) is 118 Å². The molecule has 0 fully saturated rings. The van der Waals surface area contributed by atoms with Crippen LogP contribution in [0.1, 0.15) is 11.1 Å². The number of nitrogens with one attached hydrogen (secondary N) is 1. The van der Waals surface area contributed by atoms with Crippen LogP contribution < -0.4 is 11.1 Å². The summed E-state index contributed by atoms with van der Waals surface area (Å²) in [5.74, 6) is 0.307. The number of anilines is 2. The molecule has 0 bridgehead atoms. The minimum Gasteiger partial charge on any atom is -0.384 e. The predicted octanol–water partition coefficient (Wildman–Crippen LogP) is 2.06. The largest absolute Gasteiger partial charge is 0.384 e. The van der Waals surface area contributed by atoms with Crippen LogP contribution >= 0.6 is 0 Å². The Kier molecular flexibility index (Phi) is 3.77. The molecule has 0 spiro atoms. The highest BCUT2D eigenvalue weighted by molar-refractivity contribution is 5.59. The molecule has 0 aliphatic carbocycles. The van der Waals surface area contributed by atoms with Gasteiger partial charge in [-0.05, 0) is 23.8 Å². The van der Waals surface area contributed by atoms with Crippen molar-refractivity contribution in [2.45, 2.75) is 6.54 Å². The average Bonchev–Trinajstić information content (AvgIpc) is 2.45. The third-order valence-corrected chi connectivity index (χ3v) is 2.61. The van der Waals surface area contributed by atoms with Crippen LogP contribution in [0.2, 0.25) is 0 Å². The Morgan fingerprint density at radius 3 is 2.90 bits per heavy atom. The molecule has 1 aromatic heterocycles. The molecule has 1 aromatic carbocycles. The first-order valence-corrected chi connectivity index (χ1v) is 5.74. The third-order valence-electron chi connectivity index (χ3n) is 2.61. The van der Waals surface area contributed by atoms with Crippen LogP contribution in [-0.2, 0) is 6.54 Å². The third kappa shape index (κ3) is 3.00. The second-order valence-electron chi connectivity index (χ2n) is 4.03. The van der Waals surface area contributed by atoms with Crippen LogP contribution in [0.3, 0.4) is 0 Å². The van der Waals surface area contributed by atoms with Gasteiger partial charge in [0.2, 0.25) is 5.82 Å². The standard InChI is InChI=1S/C13H11N5O2/c14-7-9-2-1-3-10(6-9)8-16-13-11(18(19)20)4-5-12(15)17-13/h1-6H,8H2,(H3,15,16,17). The molecule has 0 saturated carbocycles. The van der Waals surface area contributed by atoms with E-state index in [4.69, 9.17) is 11.0 Å². The molecule has 0 aliphatic heterocycles. The van der Waals surface area contributed by atoms with Crippen LogP contribution in [0.15, 0.2) is 36.4 Å². The Hall–Kier alpha value is -3.14. The molecule has 100 valence electrons.